The van der Waals surface area contributed by atoms with Crippen LogP contribution in [0.15, 0.2) is 44.5 Å². The number of carbonyl (C=O) groups excluding carboxylic acids is 1. The summed E-state index contributed by atoms with van der Waals surface area (Å²) in [6, 6.07) is 5.77. The Morgan fingerprint density at radius 3 is 2.87 bits per heavy atom. The lowest BCUT2D eigenvalue weighted by Crippen LogP contribution is -2.57. The van der Waals surface area contributed by atoms with E-state index in [9.17, 15) is 14.4 Å². The zero-order valence-electron chi connectivity index (χ0n) is 12.5. The van der Waals surface area contributed by atoms with Gasteiger partial charge in [-0.25, -0.2) is 9.48 Å². The largest absolute Gasteiger partial charge is 0.486 e. The number of aryl methyl sites for hydroxylation is 1. The van der Waals surface area contributed by atoms with Gasteiger partial charge in [-0.1, -0.05) is 0 Å². The van der Waals surface area contributed by atoms with Crippen LogP contribution in [-0.2, 0) is 11.3 Å². The highest BCUT2D eigenvalue weighted by atomic mass is 16.5. The molecule has 8 nitrogen and oxygen atoms in total. The number of hydrogen-bond donors (Lipinski definition) is 0. The molecule has 2 aromatic rings. The molecule has 23 heavy (non-hydrogen) atoms. The quantitative estimate of drug-likeness (QED) is 0.775. The molecule has 0 radical (unpaired) electrons. The molecule has 0 aromatic carbocycles. The number of aromatic nitrogens is 2. The maximum atomic E-state index is 12.1. The molecule has 0 spiro atoms. The van der Waals surface area contributed by atoms with Gasteiger partial charge in [-0.15, -0.1) is 0 Å². The third-order valence-electron chi connectivity index (χ3n) is 3.44. The number of hydrogen-bond acceptors (Lipinski definition) is 6. The third kappa shape index (κ3) is 3.47. The molecular formula is C15H15N3O5. The zero-order chi connectivity index (χ0) is 16.4. The summed E-state index contributed by atoms with van der Waals surface area (Å²) in [7, 11) is 0. The number of carbonyl (C=O) groups is 1. The van der Waals surface area contributed by atoms with Crippen LogP contribution in [0.5, 0.6) is 5.75 Å². The Kier molecular flexibility index (Phi) is 3.96. The summed E-state index contributed by atoms with van der Waals surface area (Å²) in [4.78, 5) is 36.4. The number of rotatable bonds is 4. The van der Waals surface area contributed by atoms with Crippen molar-refractivity contribution in [2.24, 2.45) is 0 Å². The molecule has 1 aliphatic rings. The summed E-state index contributed by atoms with van der Waals surface area (Å²) in [6.45, 7) is 2.37. The van der Waals surface area contributed by atoms with Crippen LogP contribution in [0.4, 0.5) is 0 Å². The molecule has 0 N–H and O–H groups in total. The van der Waals surface area contributed by atoms with E-state index in [1.165, 1.54) is 24.4 Å². The van der Waals surface area contributed by atoms with Gasteiger partial charge in [0.2, 0.25) is 5.91 Å². The molecule has 0 saturated carbocycles. The second-order valence-electron chi connectivity index (χ2n) is 5.28. The van der Waals surface area contributed by atoms with E-state index in [1.54, 1.807) is 17.9 Å². The van der Waals surface area contributed by atoms with E-state index in [0.29, 0.717) is 24.6 Å². The number of amides is 1. The highest BCUT2D eigenvalue weighted by molar-refractivity contribution is 5.76. The molecule has 3 heterocycles. The molecule has 120 valence electrons. The third-order valence-corrected chi connectivity index (χ3v) is 3.44. The molecule has 0 unspecified atom stereocenters. The lowest BCUT2D eigenvalue weighted by atomic mass is 10.1. The SMILES string of the molecule is Cc1cc(OC2CN(C(=O)Cn3ncccc3=O)C2)cc(=O)o1. The van der Waals surface area contributed by atoms with Crippen molar-refractivity contribution in [1.29, 1.82) is 0 Å². The minimum absolute atomic E-state index is 0.0968. The van der Waals surface area contributed by atoms with E-state index in [0.717, 1.165) is 4.68 Å². The summed E-state index contributed by atoms with van der Waals surface area (Å²) in [5.41, 5.74) is -0.789. The van der Waals surface area contributed by atoms with Crippen molar-refractivity contribution < 1.29 is 13.9 Å². The van der Waals surface area contributed by atoms with Crippen molar-refractivity contribution >= 4 is 5.91 Å². The molecule has 0 atom stereocenters. The van der Waals surface area contributed by atoms with E-state index in [1.807, 2.05) is 0 Å². The van der Waals surface area contributed by atoms with Crippen molar-refractivity contribution in [3.8, 4) is 5.75 Å². The average molecular weight is 317 g/mol. The predicted octanol–water partition coefficient (Wildman–Crippen LogP) is -0.205. The van der Waals surface area contributed by atoms with Gasteiger partial charge in [0.05, 0.1) is 19.2 Å². The highest BCUT2D eigenvalue weighted by Gasteiger charge is 2.32. The molecule has 2 aromatic heterocycles. The Morgan fingerprint density at radius 1 is 1.39 bits per heavy atom. The summed E-state index contributed by atoms with van der Waals surface area (Å²) < 4.78 is 11.6. The molecule has 3 rings (SSSR count). The first-order valence-corrected chi connectivity index (χ1v) is 7.09. The Labute approximate surface area is 130 Å². The molecule has 0 aliphatic carbocycles. The van der Waals surface area contributed by atoms with Crippen molar-refractivity contribution in [1.82, 2.24) is 14.7 Å². The topological polar surface area (TPSA) is 94.6 Å². The fraction of sp³-hybridized carbons (Fsp3) is 0.333. The van der Waals surface area contributed by atoms with Gasteiger partial charge in [-0.05, 0) is 13.0 Å². The first-order chi connectivity index (χ1) is 11.0. The molecule has 0 bridgehead atoms. The van der Waals surface area contributed by atoms with Gasteiger partial charge in [-0.2, -0.15) is 5.10 Å². The minimum atomic E-state index is -0.471. The minimum Gasteiger partial charge on any atom is -0.486 e. The van der Waals surface area contributed by atoms with Gasteiger partial charge in [0.1, 0.15) is 24.2 Å². The first kappa shape index (κ1) is 15.0. The van der Waals surface area contributed by atoms with Crippen molar-refractivity contribution in [2.45, 2.75) is 19.6 Å². The molecule has 1 fully saturated rings. The van der Waals surface area contributed by atoms with Gasteiger partial charge >= 0.3 is 5.63 Å². The van der Waals surface area contributed by atoms with Crippen molar-refractivity contribution in [3.05, 3.63) is 57.0 Å². The lowest BCUT2D eigenvalue weighted by molar-refractivity contribution is -0.140. The van der Waals surface area contributed by atoms with E-state index in [2.05, 4.69) is 5.10 Å². The maximum absolute atomic E-state index is 12.1. The van der Waals surface area contributed by atoms with E-state index in [4.69, 9.17) is 9.15 Å². The van der Waals surface area contributed by atoms with Gasteiger partial charge in [-0.3, -0.25) is 9.59 Å². The predicted molar refractivity (Wildman–Crippen MR) is 79.2 cm³/mol. The highest BCUT2D eigenvalue weighted by Crippen LogP contribution is 2.18. The lowest BCUT2D eigenvalue weighted by Gasteiger charge is -2.38. The van der Waals surface area contributed by atoms with Gasteiger partial charge < -0.3 is 14.1 Å². The Hall–Kier alpha value is -2.90. The molecule has 8 heteroatoms. The number of nitrogens with zero attached hydrogens (tertiary/aromatic N) is 3. The Balaban J connectivity index is 1.54. The van der Waals surface area contributed by atoms with Crippen LogP contribution in [0.2, 0.25) is 0 Å². The molecule has 1 saturated heterocycles. The van der Waals surface area contributed by atoms with Crippen LogP contribution in [0.1, 0.15) is 5.76 Å². The average Bonchev–Trinajstić information content (AvgIpc) is 2.43. The van der Waals surface area contributed by atoms with Crippen LogP contribution >= 0.6 is 0 Å². The van der Waals surface area contributed by atoms with Crippen molar-refractivity contribution in [2.75, 3.05) is 13.1 Å². The van der Waals surface area contributed by atoms with Gasteiger partial charge in [0.25, 0.3) is 5.56 Å². The molecule has 1 aliphatic heterocycles. The summed E-state index contributed by atoms with van der Waals surface area (Å²) >= 11 is 0. The standard InChI is InChI=1S/C15H15N3O5/c1-10-5-11(6-15(21)22-10)23-12-7-17(8-12)14(20)9-18-13(19)3-2-4-16-18/h2-6,12H,7-9H2,1H3. The fourth-order valence-corrected chi connectivity index (χ4v) is 2.29. The smallest absolute Gasteiger partial charge is 0.339 e. The maximum Gasteiger partial charge on any atom is 0.339 e. The van der Waals surface area contributed by atoms with E-state index in [-0.39, 0.29) is 24.1 Å². The van der Waals surface area contributed by atoms with Crippen LogP contribution in [0.25, 0.3) is 0 Å². The summed E-state index contributed by atoms with van der Waals surface area (Å²) in [6.07, 6.45) is 1.28. The second-order valence-corrected chi connectivity index (χ2v) is 5.28. The normalized spacial score (nSPS) is 14.4. The van der Waals surface area contributed by atoms with Crippen LogP contribution in [0, 0.1) is 6.92 Å². The monoisotopic (exact) mass is 317 g/mol. The Bertz CT molecular complexity index is 835. The summed E-state index contributed by atoms with van der Waals surface area (Å²) in [5, 5.41) is 3.85. The van der Waals surface area contributed by atoms with Crippen LogP contribution < -0.4 is 15.9 Å². The van der Waals surface area contributed by atoms with E-state index >= 15 is 0 Å². The molecular weight excluding hydrogens is 302 g/mol. The summed E-state index contributed by atoms with van der Waals surface area (Å²) in [5.74, 6) is 0.695. The van der Waals surface area contributed by atoms with E-state index < -0.39 is 5.63 Å². The Morgan fingerprint density at radius 2 is 2.17 bits per heavy atom. The number of likely N-dealkylation sites (tertiary alicyclic amines) is 1. The number of ether oxygens (including phenoxy) is 1. The van der Waals surface area contributed by atoms with Crippen LogP contribution in [-0.4, -0.2) is 39.8 Å². The zero-order valence-corrected chi connectivity index (χ0v) is 12.5. The second kappa shape index (κ2) is 6.07. The van der Waals surface area contributed by atoms with Crippen molar-refractivity contribution in [3.63, 3.8) is 0 Å². The fourth-order valence-electron chi connectivity index (χ4n) is 2.29. The van der Waals surface area contributed by atoms with Gasteiger partial charge in [0, 0.05) is 18.3 Å². The van der Waals surface area contributed by atoms with Crippen LogP contribution in [0.3, 0.4) is 0 Å². The first-order valence-electron chi connectivity index (χ1n) is 7.09. The molecule has 1 amide bonds. The van der Waals surface area contributed by atoms with Gasteiger partial charge in [0.15, 0.2) is 0 Å².